The van der Waals surface area contributed by atoms with E-state index < -0.39 is 0 Å². The van der Waals surface area contributed by atoms with Crippen molar-refractivity contribution >= 4 is 12.0 Å². The van der Waals surface area contributed by atoms with Crippen molar-refractivity contribution in [2.75, 3.05) is 26.2 Å². The third kappa shape index (κ3) is 4.59. The number of rotatable bonds is 6. The lowest BCUT2D eigenvalue weighted by atomic mass is 9.84. The minimum Gasteiger partial charge on any atom is -0.442 e. The minimum atomic E-state index is -0.281. The second kappa shape index (κ2) is 9.52. The highest BCUT2D eigenvalue weighted by atomic mass is 16.6. The van der Waals surface area contributed by atoms with E-state index in [4.69, 9.17) is 4.74 Å². The zero-order chi connectivity index (χ0) is 21.8. The third-order valence-electron chi connectivity index (χ3n) is 6.47. The van der Waals surface area contributed by atoms with Gasteiger partial charge in [-0.15, -0.1) is 0 Å². The molecule has 2 fully saturated rings. The molecule has 2 aliphatic rings. The third-order valence-corrected chi connectivity index (χ3v) is 6.47. The summed E-state index contributed by atoms with van der Waals surface area (Å²) < 4.78 is 5.99. The Balaban J connectivity index is 1.63. The van der Waals surface area contributed by atoms with Crippen LogP contribution in [0.1, 0.15) is 37.3 Å². The minimum absolute atomic E-state index is 0.0814. The summed E-state index contributed by atoms with van der Waals surface area (Å²) in [7, 11) is 0. The molecule has 0 aliphatic carbocycles. The maximum Gasteiger partial charge on any atom is 0.425 e. The molecule has 2 aromatic rings. The molecule has 6 heteroatoms. The molecule has 0 spiro atoms. The molecular formula is C25H31N3O3. The fraction of sp³-hybridized carbons (Fsp3) is 0.440. The molecule has 0 radical (unpaired) electrons. The normalized spacial score (nSPS) is 23.0. The molecule has 3 atom stereocenters. The molecule has 2 saturated heterocycles. The van der Waals surface area contributed by atoms with Gasteiger partial charge in [0.1, 0.15) is 6.10 Å². The van der Waals surface area contributed by atoms with Gasteiger partial charge in [-0.25, -0.2) is 14.8 Å². The molecule has 164 valence electrons. The number of piperazine rings is 1. The van der Waals surface area contributed by atoms with Gasteiger partial charge in [0.25, 0.3) is 0 Å². The van der Waals surface area contributed by atoms with Crippen LogP contribution in [0, 0.1) is 0 Å². The standard InChI is InChI=1S/C25H31N3O3/c1-3-22(21-12-8-5-9-13-21)24-23(18-20-10-6-4-7-11-20)31-25(30)28(24)27-16-14-26(15-17-27)19(2)29/h4-13,22-24H,3,14-18H2,1-2H3. The van der Waals surface area contributed by atoms with Crippen molar-refractivity contribution in [2.24, 2.45) is 0 Å². The number of carbonyl (C=O) groups is 2. The lowest BCUT2D eigenvalue weighted by Gasteiger charge is -2.42. The van der Waals surface area contributed by atoms with Crippen molar-refractivity contribution in [3.63, 3.8) is 0 Å². The van der Waals surface area contributed by atoms with Gasteiger partial charge < -0.3 is 9.64 Å². The smallest absolute Gasteiger partial charge is 0.425 e. The van der Waals surface area contributed by atoms with E-state index in [1.54, 1.807) is 6.92 Å². The Morgan fingerprint density at radius 3 is 2.19 bits per heavy atom. The lowest BCUT2D eigenvalue weighted by Crippen LogP contribution is -2.58. The van der Waals surface area contributed by atoms with E-state index in [2.05, 4.69) is 48.3 Å². The van der Waals surface area contributed by atoms with E-state index >= 15 is 0 Å². The molecule has 0 bridgehead atoms. The highest BCUT2D eigenvalue weighted by Gasteiger charge is 2.49. The van der Waals surface area contributed by atoms with Gasteiger partial charge >= 0.3 is 6.09 Å². The van der Waals surface area contributed by atoms with Gasteiger partial charge in [-0.2, -0.15) is 0 Å². The zero-order valence-electron chi connectivity index (χ0n) is 18.3. The fourth-order valence-electron chi connectivity index (χ4n) is 4.88. The van der Waals surface area contributed by atoms with Crippen molar-refractivity contribution in [2.45, 2.75) is 44.8 Å². The number of ether oxygens (including phenoxy) is 1. The van der Waals surface area contributed by atoms with Crippen LogP contribution in [-0.4, -0.2) is 65.2 Å². The number of hydrazine groups is 1. The van der Waals surface area contributed by atoms with Gasteiger partial charge in [0.15, 0.2) is 0 Å². The summed E-state index contributed by atoms with van der Waals surface area (Å²) in [4.78, 5) is 26.7. The Bertz CT molecular complexity index is 881. The van der Waals surface area contributed by atoms with Crippen LogP contribution in [0.15, 0.2) is 60.7 Å². The van der Waals surface area contributed by atoms with Crippen LogP contribution >= 0.6 is 0 Å². The Labute approximate surface area is 184 Å². The van der Waals surface area contributed by atoms with Crippen molar-refractivity contribution in [3.05, 3.63) is 71.8 Å². The molecular weight excluding hydrogens is 390 g/mol. The summed E-state index contributed by atoms with van der Waals surface area (Å²) in [5, 5.41) is 3.94. The molecule has 0 saturated carbocycles. The summed E-state index contributed by atoms with van der Waals surface area (Å²) in [6.45, 7) is 6.28. The molecule has 2 heterocycles. The first kappa shape index (κ1) is 21.4. The summed E-state index contributed by atoms with van der Waals surface area (Å²) in [6, 6.07) is 20.5. The Kier molecular flexibility index (Phi) is 6.56. The van der Waals surface area contributed by atoms with Crippen LogP contribution in [0.5, 0.6) is 0 Å². The first-order valence-corrected chi connectivity index (χ1v) is 11.2. The van der Waals surface area contributed by atoms with Crippen LogP contribution in [0.25, 0.3) is 0 Å². The fourth-order valence-corrected chi connectivity index (χ4v) is 4.88. The first-order chi connectivity index (χ1) is 15.1. The van der Waals surface area contributed by atoms with Crippen LogP contribution in [0.3, 0.4) is 0 Å². The molecule has 2 amide bonds. The van der Waals surface area contributed by atoms with Gasteiger partial charge in [-0.3, -0.25) is 4.79 Å². The van der Waals surface area contributed by atoms with Crippen LogP contribution in [-0.2, 0) is 16.0 Å². The summed E-state index contributed by atoms with van der Waals surface area (Å²) in [5.74, 6) is 0.241. The van der Waals surface area contributed by atoms with E-state index in [0.717, 1.165) is 12.0 Å². The lowest BCUT2D eigenvalue weighted by molar-refractivity contribution is -0.133. The molecule has 2 aliphatic heterocycles. The zero-order valence-corrected chi connectivity index (χ0v) is 18.3. The largest absolute Gasteiger partial charge is 0.442 e. The molecule has 31 heavy (non-hydrogen) atoms. The maximum atomic E-state index is 13.1. The molecule has 4 rings (SSSR count). The monoisotopic (exact) mass is 421 g/mol. The maximum absolute atomic E-state index is 13.1. The van der Waals surface area contributed by atoms with Gasteiger partial charge in [-0.1, -0.05) is 67.6 Å². The quantitative estimate of drug-likeness (QED) is 0.714. The molecule has 2 aromatic carbocycles. The average Bonchev–Trinajstić information content (AvgIpc) is 3.11. The van der Waals surface area contributed by atoms with Crippen molar-refractivity contribution in [1.82, 2.24) is 14.9 Å². The van der Waals surface area contributed by atoms with E-state index in [-0.39, 0.29) is 30.1 Å². The molecule has 0 N–H and O–H groups in total. The van der Waals surface area contributed by atoms with Gasteiger partial charge in [-0.05, 0) is 17.5 Å². The first-order valence-electron chi connectivity index (χ1n) is 11.2. The van der Waals surface area contributed by atoms with E-state index in [0.29, 0.717) is 32.6 Å². The Morgan fingerprint density at radius 1 is 1.00 bits per heavy atom. The number of hydrogen-bond donors (Lipinski definition) is 0. The average molecular weight is 422 g/mol. The highest BCUT2D eigenvalue weighted by Crippen LogP contribution is 2.37. The van der Waals surface area contributed by atoms with E-state index in [1.165, 1.54) is 5.56 Å². The Morgan fingerprint density at radius 2 is 1.61 bits per heavy atom. The molecule has 6 nitrogen and oxygen atoms in total. The summed E-state index contributed by atoms with van der Waals surface area (Å²) >= 11 is 0. The molecule has 3 unspecified atom stereocenters. The molecule has 0 aromatic heterocycles. The summed E-state index contributed by atoms with van der Waals surface area (Å²) in [6.07, 6.45) is 1.08. The predicted molar refractivity (Wildman–Crippen MR) is 119 cm³/mol. The van der Waals surface area contributed by atoms with Crippen LogP contribution in [0.2, 0.25) is 0 Å². The van der Waals surface area contributed by atoms with Crippen molar-refractivity contribution in [1.29, 1.82) is 0 Å². The second-order valence-corrected chi connectivity index (χ2v) is 8.33. The van der Waals surface area contributed by atoms with Gasteiger partial charge in [0.2, 0.25) is 5.91 Å². The predicted octanol–water partition coefficient (Wildman–Crippen LogP) is 3.69. The SMILES string of the molecule is CCC(c1ccccc1)C1C(Cc2ccccc2)OC(=O)N1N1CCN(C(C)=O)CC1. The number of nitrogens with zero attached hydrogens (tertiary/aromatic N) is 3. The number of amides is 2. The number of cyclic esters (lactones) is 1. The van der Waals surface area contributed by atoms with Crippen molar-refractivity contribution in [3.8, 4) is 0 Å². The van der Waals surface area contributed by atoms with Gasteiger partial charge in [0, 0.05) is 45.4 Å². The topological polar surface area (TPSA) is 53.1 Å². The van der Waals surface area contributed by atoms with Crippen LogP contribution in [0.4, 0.5) is 4.79 Å². The number of benzene rings is 2. The number of carbonyl (C=O) groups excluding carboxylic acids is 2. The Hall–Kier alpha value is -2.86. The van der Waals surface area contributed by atoms with Crippen molar-refractivity contribution < 1.29 is 14.3 Å². The second-order valence-electron chi connectivity index (χ2n) is 8.33. The highest BCUT2D eigenvalue weighted by molar-refractivity contribution is 5.73. The van der Waals surface area contributed by atoms with E-state index in [9.17, 15) is 9.59 Å². The van der Waals surface area contributed by atoms with E-state index in [1.807, 2.05) is 34.2 Å². The summed E-state index contributed by atoms with van der Waals surface area (Å²) in [5.41, 5.74) is 2.38. The van der Waals surface area contributed by atoms with Crippen LogP contribution < -0.4 is 0 Å². The number of hydrogen-bond acceptors (Lipinski definition) is 4. The van der Waals surface area contributed by atoms with Gasteiger partial charge in [0.05, 0.1) is 6.04 Å².